The van der Waals surface area contributed by atoms with Crippen molar-refractivity contribution in [3.63, 3.8) is 0 Å². The first-order valence-electron chi connectivity index (χ1n) is 10.0. The Balaban J connectivity index is 1.64. The van der Waals surface area contributed by atoms with E-state index in [2.05, 4.69) is 36.6 Å². The second-order valence-corrected chi connectivity index (χ2v) is 8.55. The third kappa shape index (κ3) is 5.08. The van der Waals surface area contributed by atoms with E-state index in [1.807, 2.05) is 43.4 Å². The van der Waals surface area contributed by atoms with Crippen LogP contribution >= 0.6 is 0 Å². The maximum atomic E-state index is 12.5. The lowest BCUT2D eigenvalue weighted by Crippen LogP contribution is -2.32. The topological polar surface area (TPSA) is 58.2 Å². The predicted octanol–water partition coefficient (Wildman–Crippen LogP) is 4.80. The third-order valence-electron chi connectivity index (χ3n) is 5.60. The lowest BCUT2D eigenvalue weighted by molar-refractivity contribution is -0.130. The first-order chi connectivity index (χ1) is 13.4. The Kier molecular flexibility index (Phi) is 6.30. The van der Waals surface area contributed by atoms with Gasteiger partial charge in [0.25, 0.3) is 0 Å². The molecule has 4 nitrogen and oxygen atoms in total. The van der Waals surface area contributed by atoms with Crippen molar-refractivity contribution in [2.24, 2.45) is 11.3 Å². The van der Waals surface area contributed by atoms with Crippen LogP contribution in [0, 0.1) is 11.3 Å². The van der Waals surface area contributed by atoms with Crippen LogP contribution in [0.1, 0.15) is 45.1 Å². The first-order valence-corrected chi connectivity index (χ1v) is 10.0. The Morgan fingerprint density at radius 2 is 1.82 bits per heavy atom. The second-order valence-electron chi connectivity index (χ2n) is 8.55. The van der Waals surface area contributed by atoms with Gasteiger partial charge in [-0.2, -0.15) is 0 Å². The van der Waals surface area contributed by atoms with Crippen LogP contribution in [-0.4, -0.2) is 18.7 Å². The maximum absolute atomic E-state index is 12.5. The fourth-order valence-corrected chi connectivity index (χ4v) is 4.05. The van der Waals surface area contributed by atoms with E-state index in [9.17, 15) is 9.59 Å². The zero-order valence-corrected chi connectivity index (χ0v) is 17.0. The molecule has 3 rings (SSSR count). The quantitative estimate of drug-likeness (QED) is 0.759. The van der Waals surface area contributed by atoms with Crippen LogP contribution in [0.15, 0.2) is 48.5 Å². The highest BCUT2D eigenvalue weighted by Gasteiger charge is 2.34. The van der Waals surface area contributed by atoms with Crippen molar-refractivity contribution in [3.05, 3.63) is 54.1 Å². The normalized spacial score (nSPS) is 18.7. The number of ketones is 1. The van der Waals surface area contributed by atoms with Crippen molar-refractivity contribution in [2.45, 2.75) is 46.1 Å². The van der Waals surface area contributed by atoms with E-state index in [1.54, 1.807) is 0 Å². The molecule has 1 atom stereocenters. The van der Waals surface area contributed by atoms with Crippen LogP contribution in [0.2, 0.25) is 0 Å². The molecular formula is C24H30N2O2. The van der Waals surface area contributed by atoms with Gasteiger partial charge in [0.1, 0.15) is 5.78 Å². The van der Waals surface area contributed by atoms with Crippen LogP contribution in [-0.2, 0) is 16.1 Å². The largest absolute Gasteiger partial charge is 0.326 e. The summed E-state index contributed by atoms with van der Waals surface area (Å²) in [6.45, 7) is 5.16. The Morgan fingerprint density at radius 3 is 2.54 bits per heavy atom. The summed E-state index contributed by atoms with van der Waals surface area (Å²) in [6.07, 6.45) is 2.57. The molecule has 0 bridgehead atoms. The minimum atomic E-state index is -0.156. The molecule has 1 saturated carbocycles. The number of amides is 1. The van der Waals surface area contributed by atoms with Crippen molar-refractivity contribution >= 4 is 17.4 Å². The summed E-state index contributed by atoms with van der Waals surface area (Å²) in [5.41, 5.74) is 4.45. The number of benzene rings is 2. The van der Waals surface area contributed by atoms with Gasteiger partial charge >= 0.3 is 0 Å². The summed E-state index contributed by atoms with van der Waals surface area (Å²) in [6, 6.07) is 16.2. The molecule has 1 amide bonds. The zero-order valence-electron chi connectivity index (χ0n) is 17.0. The standard InChI is InChI=1S/C24H30N2O2/c1-24(2)13-12-22(27)19(15-24)14-23(28)26-20-10-8-17(9-11-20)21-7-5-4-6-18(21)16-25-3/h4-11,19,25H,12-16H2,1-3H3,(H,26,28). The van der Waals surface area contributed by atoms with Gasteiger partial charge in [0, 0.05) is 31.0 Å². The molecule has 148 valence electrons. The molecule has 1 aliphatic rings. The Morgan fingerprint density at radius 1 is 1.11 bits per heavy atom. The molecule has 2 N–H and O–H groups in total. The molecule has 1 fully saturated rings. The van der Waals surface area contributed by atoms with Crippen LogP contribution in [0.25, 0.3) is 11.1 Å². The van der Waals surface area contributed by atoms with Gasteiger partial charge in [-0.15, -0.1) is 0 Å². The average Bonchev–Trinajstić information content (AvgIpc) is 2.66. The fraction of sp³-hybridized carbons (Fsp3) is 0.417. The predicted molar refractivity (Wildman–Crippen MR) is 114 cm³/mol. The summed E-state index contributed by atoms with van der Waals surface area (Å²) in [7, 11) is 1.94. The lowest BCUT2D eigenvalue weighted by Gasteiger charge is -2.33. The van der Waals surface area contributed by atoms with Gasteiger partial charge in [-0.25, -0.2) is 0 Å². The molecule has 0 heterocycles. The number of nitrogens with one attached hydrogen (secondary N) is 2. The number of carbonyl (C=O) groups excluding carboxylic acids is 2. The molecule has 1 aliphatic carbocycles. The van der Waals surface area contributed by atoms with Crippen molar-refractivity contribution < 1.29 is 9.59 Å². The van der Waals surface area contributed by atoms with E-state index in [0.29, 0.717) is 6.42 Å². The molecule has 0 spiro atoms. The van der Waals surface area contributed by atoms with Crippen molar-refractivity contribution in [3.8, 4) is 11.1 Å². The number of hydrogen-bond acceptors (Lipinski definition) is 3. The molecule has 28 heavy (non-hydrogen) atoms. The summed E-state index contributed by atoms with van der Waals surface area (Å²) in [4.78, 5) is 24.6. The summed E-state index contributed by atoms with van der Waals surface area (Å²) in [5, 5.41) is 6.15. The summed E-state index contributed by atoms with van der Waals surface area (Å²) >= 11 is 0. The third-order valence-corrected chi connectivity index (χ3v) is 5.60. The van der Waals surface area contributed by atoms with Gasteiger partial charge < -0.3 is 10.6 Å². The van der Waals surface area contributed by atoms with Crippen LogP contribution in [0.3, 0.4) is 0 Å². The van der Waals surface area contributed by atoms with Crippen molar-refractivity contribution in [1.82, 2.24) is 5.32 Å². The van der Waals surface area contributed by atoms with E-state index >= 15 is 0 Å². The molecule has 2 aromatic rings. The molecule has 0 aliphatic heterocycles. The van der Waals surface area contributed by atoms with Gasteiger partial charge in [-0.1, -0.05) is 50.2 Å². The summed E-state index contributed by atoms with van der Waals surface area (Å²) < 4.78 is 0. The van der Waals surface area contributed by atoms with Crippen molar-refractivity contribution in [2.75, 3.05) is 12.4 Å². The van der Waals surface area contributed by atoms with Crippen LogP contribution in [0.4, 0.5) is 5.69 Å². The van der Waals surface area contributed by atoms with E-state index < -0.39 is 0 Å². The number of carbonyl (C=O) groups is 2. The van der Waals surface area contributed by atoms with Gasteiger partial charge in [0.15, 0.2) is 0 Å². The van der Waals surface area contributed by atoms with Gasteiger partial charge in [0.2, 0.25) is 5.91 Å². The minimum absolute atomic E-state index is 0.0839. The number of Topliss-reactive ketones (excluding diaryl/α,β-unsaturated/α-hetero) is 1. The van der Waals surface area contributed by atoms with E-state index in [4.69, 9.17) is 0 Å². The Bertz CT molecular complexity index is 840. The number of anilines is 1. The Labute approximate surface area is 167 Å². The summed E-state index contributed by atoms with van der Waals surface area (Å²) in [5.74, 6) is -0.0122. The second kappa shape index (κ2) is 8.70. The maximum Gasteiger partial charge on any atom is 0.225 e. The highest BCUT2D eigenvalue weighted by molar-refractivity contribution is 5.95. The van der Waals surface area contributed by atoms with E-state index in [1.165, 1.54) is 11.1 Å². The Hall–Kier alpha value is -2.46. The lowest BCUT2D eigenvalue weighted by atomic mass is 9.70. The highest BCUT2D eigenvalue weighted by Crippen LogP contribution is 2.38. The van der Waals surface area contributed by atoms with E-state index in [-0.39, 0.29) is 29.4 Å². The molecule has 0 saturated heterocycles. The highest BCUT2D eigenvalue weighted by atomic mass is 16.2. The molecule has 0 radical (unpaired) electrons. The number of hydrogen-bond donors (Lipinski definition) is 2. The fourth-order valence-electron chi connectivity index (χ4n) is 4.05. The minimum Gasteiger partial charge on any atom is -0.326 e. The SMILES string of the molecule is CNCc1ccccc1-c1ccc(NC(=O)CC2CC(C)(C)CCC2=O)cc1. The smallest absolute Gasteiger partial charge is 0.225 e. The van der Waals surface area contributed by atoms with Crippen molar-refractivity contribution in [1.29, 1.82) is 0 Å². The zero-order chi connectivity index (χ0) is 20.1. The van der Waals surface area contributed by atoms with Crippen LogP contribution in [0.5, 0.6) is 0 Å². The van der Waals surface area contributed by atoms with Crippen LogP contribution < -0.4 is 10.6 Å². The van der Waals surface area contributed by atoms with Gasteiger partial charge in [-0.05, 0) is 54.1 Å². The molecule has 0 aromatic heterocycles. The molecule has 2 aromatic carbocycles. The monoisotopic (exact) mass is 378 g/mol. The molecular weight excluding hydrogens is 348 g/mol. The number of rotatable bonds is 6. The van der Waals surface area contributed by atoms with E-state index in [0.717, 1.165) is 30.6 Å². The van der Waals surface area contributed by atoms with Gasteiger partial charge in [0.05, 0.1) is 0 Å². The van der Waals surface area contributed by atoms with Gasteiger partial charge in [-0.3, -0.25) is 9.59 Å². The molecule has 1 unspecified atom stereocenters. The average molecular weight is 379 g/mol. The molecule has 4 heteroatoms. The first kappa shape index (κ1) is 20.3.